The molecule has 1 spiro atoms. The number of methoxy groups -OCH3 is 1. The molecule has 4 aliphatic heterocycles. The Morgan fingerprint density at radius 1 is 1.11 bits per heavy atom. The lowest BCUT2D eigenvalue weighted by molar-refractivity contribution is -0.155. The molecule has 4 amide bonds. The molecular weight excluding hydrogens is 833 g/mol. The summed E-state index contributed by atoms with van der Waals surface area (Å²) >= 11 is 1.41. The van der Waals surface area contributed by atoms with Crippen LogP contribution in [-0.2, 0) is 53.3 Å². The van der Waals surface area contributed by atoms with Gasteiger partial charge in [0.1, 0.15) is 18.1 Å². The highest BCUT2D eigenvalue weighted by Crippen LogP contribution is 2.43. The highest BCUT2D eigenvalue weighted by molar-refractivity contribution is 7.10. The maximum atomic E-state index is 14.6. The predicted octanol–water partition coefficient (Wildman–Crippen LogP) is 5.38. The predicted molar refractivity (Wildman–Crippen MR) is 243 cm³/mol. The molecule has 4 aromatic rings. The van der Waals surface area contributed by atoms with Crippen LogP contribution in [0.4, 0.5) is 0 Å². The molecule has 0 aliphatic carbocycles. The summed E-state index contributed by atoms with van der Waals surface area (Å²) in [5, 5.41) is 8.14. The number of amides is 4. The molecule has 3 saturated heterocycles. The molecule has 3 aromatic heterocycles. The van der Waals surface area contributed by atoms with Crippen molar-refractivity contribution in [2.24, 2.45) is 23.8 Å². The van der Waals surface area contributed by atoms with Crippen LogP contribution in [0.25, 0.3) is 33.4 Å². The van der Waals surface area contributed by atoms with Gasteiger partial charge in [0.05, 0.1) is 40.2 Å². The van der Waals surface area contributed by atoms with Gasteiger partial charge < -0.3 is 29.2 Å². The van der Waals surface area contributed by atoms with Crippen LogP contribution < -0.4 is 10.7 Å². The summed E-state index contributed by atoms with van der Waals surface area (Å²) in [5.74, 6) is -1.96. The Labute approximate surface area is 378 Å². The van der Waals surface area contributed by atoms with Crippen LogP contribution >= 0.6 is 11.3 Å². The van der Waals surface area contributed by atoms with E-state index in [-0.39, 0.29) is 43.4 Å². The number of benzene rings is 1. The van der Waals surface area contributed by atoms with Crippen molar-refractivity contribution in [2.75, 3.05) is 39.9 Å². The van der Waals surface area contributed by atoms with E-state index in [1.165, 1.54) is 22.4 Å². The second-order valence-corrected chi connectivity index (χ2v) is 20.0. The van der Waals surface area contributed by atoms with Crippen molar-refractivity contribution >= 4 is 51.8 Å². The van der Waals surface area contributed by atoms with E-state index in [4.69, 9.17) is 19.4 Å². The zero-order valence-corrected chi connectivity index (χ0v) is 38.8. The fourth-order valence-corrected chi connectivity index (χ4v) is 11.0. The Bertz CT molecular complexity index is 2500. The number of carbonyl (C=O) groups is 5. The summed E-state index contributed by atoms with van der Waals surface area (Å²) < 4.78 is 14.1. The average molecular weight is 893 g/mol. The van der Waals surface area contributed by atoms with E-state index < -0.39 is 46.7 Å². The van der Waals surface area contributed by atoms with E-state index in [0.717, 1.165) is 44.7 Å². The summed E-state index contributed by atoms with van der Waals surface area (Å²) in [6.07, 6.45) is 5.50. The lowest BCUT2D eigenvalue weighted by Gasteiger charge is -2.36. The van der Waals surface area contributed by atoms with Crippen molar-refractivity contribution in [3.05, 3.63) is 70.8 Å². The van der Waals surface area contributed by atoms with Crippen LogP contribution in [0.5, 0.6) is 0 Å². The number of thiazole rings is 1. The molecular formula is C48H60N8O7S. The first-order chi connectivity index (χ1) is 30.5. The lowest BCUT2D eigenvalue weighted by Crippen LogP contribution is -2.62. The minimum atomic E-state index is -1.07. The quantitative estimate of drug-likeness (QED) is 0.173. The number of pyridine rings is 1. The number of hydrogen-bond donors (Lipinski definition) is 2. The van der Waals surface area contributed by atoms with Gasteiger partial charge >= 0.3 is 5.97 Å². The van der Waals surface area contributed by atoms with Crippen molar-refractivity contribution in [3.8, 4) is 22.5 Å². The third-order valence-electron chi connectivity index (χ3n) is 13.6. The highest BCUT2D eigenvalue weighted by Gasteiger charge is 2.54. The lowest BCUT2D eigenvalue weighted by atomic mass is 9.84. The van der Waals surface area contributed by atoms with Crippen LogP contribution in [0.2, 0.25) is 0 Å². The van der Waals surface area contributed by atoms with Gasteiger partial charge in [0, 0.05) is 85.8 Å². The molecule has 6 bridgehead atoms. The number of likely N-dealkylation sites (tertiary alicyclic amines) is 2. The molecule has 8 rings (SSSR count). The summed E-state index contributed by atoms with van der Waals surface area (Å²) in [6, 6.07) is 7.61. The molecule has 1 aromatic carbocycles. The van der Waals surface area contributed by atoms with Gasteiger partial charge in [-0.15, -0.1) is 11.3 Å². The zero-order chi connectivity index (χ0) is 45.7. The standard InChI is InChI=1S/C48H60N8O7S/c1-9-39(57)54-20-16-48(26-54)17-21-55(46(48)61)41(28(2)3)43(58)51-35-23-38-50-36(25-64-38)30-14-15-37-32(22-30)33(42(53(37)7)31-12-10-18-49-40(31)29(4)62-8)24-47(5,6)27-63-45(60)34-13-11-19-56(52-34)44(35)59/h9-10,12,14-15,18,22,25,28-29,34-35,41,52H,1,11,13,16-17,19-21,23-24,26-27H2,2-8H3,(H,51,58)/t29-,34-,35-,41?,48?/m0/s1. The molecule has 340 valence electrons. The van der Waals surface area contributed by atoms with Crippen molar-refractivity contribution in [1.29, 1.82) is 0 Å². The van der Waals surface area contributed by atoms with Gasteiger partial charge in [-0.2, -0.15) is 0 Å². The van der Waals surface area contributed by atoms with Crippen molar-refractivity contribution in [2.45, 2.75) is 97.4 Å². The SMILES string of the molecule is C=CC(=O)N1CCC2(CCN(C(C(=O)N[C@H]3Cc4nc(cs4)-c4ccc5c(c4)c(c(-c4cccnc4[C@H](C)OC)n5C)CC(C)(C)COC(=O)[C@@H]4CCCN(N4)C3=O)C(C)C)C2=O)C1. The molecule has 16 heteroatoms. The molecule has 4 aliphatic rings. The molecule has 2 N–H and O–H groups in total. The number of aromatic nitrogens is 3. The molecule has 2 unspecified atom stereocenters. The maximum Gasteiger partial charge on any atom is 0.324 e. The number of rotatable bonds is 8. The second kappa shape index (κ2) is 17.8. The number of ether oxygens (including phenoxy) is 2. The highest BCUT2D eigenvalue weighted by atomic mass is 32.1. The van der Waals surface area contributed by atoms with Gasteiger partial charge in [-0.25, -0.2) is 10.4 Å². The summed E-state index contributed by atoms with van der Waals surface area (Å²) in [7, 11) is 3.73. The number of fused-ring (bicyclic) bond motifs is 6. The van der Waals surface area contributed by atoms with Gasteiger partial charge in [0.15, 0.2) is 0 Å². The van der Waals surface area contributed by atoms with Crippen molar-refractivity contribution < 1.29 is 33.4 Å². The number of cyclic esters (lactones) is 1. The minimum Gasteiger partial charge on any atom is -0.464 e. The molecule has 5 atom stereocenters. The van der Waals surface area contributed by atoms with Crippen LogP contribution in [0.1, 0.15) is 82.7 Å². The van der Waals surface area contributed by atoms with Gasteiger partial charge in [0.25, 0.3) is 5.91 Å². The first-order valence-electron chi connectivity index (χ1n) is 22.4. The van der Waals surface area contributed by atoms with E-state index in [1.807, 2.05) is 38.3 Å². The molecule has 3 fully saturated rings. The Morgan fingerprint density at radius 3 is 2.64 bits per heavy atom. The smallest absolute Gasteiger partial charge is 0.324 e. The fourth-order valence-electron chi connectivity index (χ4n) is 10.1. The van der Waals surface area contributed by atoms with E-state index in [0.29, 0.717) is 56.7 Å². The maximum absolute atomic E-state index is 14.6. The summed E-state index contributed by atoms with van der Waals surface area (Å²) in [4.78, 5) is 82.9. The molecule has 0 saturated carbocycles. The van der Waals surface area contributed by atoms with Crippen LogP contribution in [-0.4, -0.2) is 117 Å². The van der Waals surface area contributed by atoms with Crippen molar-refractivity contribution in [1.82, 2.24) is 40.1 Å². The number of nitrogens with one attached hydrogen (secondary N) is 2. The van der Waals surface area contributed by atoms with Crippen LogP contribution in [0.15, 0.2) is 54.6 Å². The van der Waals surface area contributed by atoms with Crippen LogP contribution in [0, 0.1) is 16.7 Å². The van der Waals surface area contributed by atoms with E-state index in [2.05, 4.69) is 61.0 Å². The third-order valence-corrected chi connectivity index (χ3v) is 14.5. The third kappa shape index (κ3) is 8.47. The minimum absolute atomic E-state index is 0.0858. The number of hydrazine groups is 1. The first kappa shape index (κ1) is 45.1. The van der Waals surface area contributed by atoms with Gasteiger partial charge in [0.2, 0.25) is 17.7 Å². The van der Waals surface area contributed by atoms with Gasteiger partial charge in [-0.1, -0.05) is 40.3 Å². The Morgan fingerprint density at radius 2 is 1.89 bits per heavy atom. The van der Waals surface area contributed by atoms with Gasteiger partial charge in [-0.3, -0.25) is 34.0 Å². The average Bonchev–Trinajstić information content (AvgIpc) is 4.07. The Hall–Kier alpha value is -5.45. The van der Waals surface area contributed by atoms with Gasteiger partial charge in [-0.05, 0) is 80.9 Å². The molecule has 0 radical (unpaired) electrons. The normalized spacial score (nSPS) is 23.7. The number of nitrogens with zero attached hydrogens (tertiary/aromatic N) is 6. The molecule has 7 heterocycles. The fraction of sp³-hybridized carbons (Fsp3) is 0.521. The number of hydrogen-bond acceptors (Lipinski definition) is 11. The topological polar surface area (TPSA) is 168 Å². The first-order valence-corrected chi connectivity index (χ1v) is 23.2. The number of aryl methyl sites for hydroxylation is 1. The van der Waals surface area contributed by atoms with E-state index >= 15 is 0 Å². The van der Waals surface area contributed by atoms with Crippen LogP contribution in [0.3, 0.4) is 0 Å². The zero-order valence-electron chi connectivity index (χ0n) is 37.9. The Kier molecular flexibility index (Phi) is 12.6. The molecule has 64 heavy (non-hydrogen) atoms. The second-order valence-electron chi connectivity index (χ2n) is 19.0. The number of carbonyl (C=O) groups excluding carboxylic acids is 5. The largest absolute Gasteiger partial charge is 0.464 e. The summed E-state index contributed by atoms with van der Waals surface area (Å²) in [5.41, 5.74) is 8.40. The summed E-state index contributed by atoms with van der Waals surface area (Å²) in [6.45, 7) is 15.1. The molecule has 15 nitrogen and oxygen atoms in total. The Balaban J connectivity index is 1.15. The number of esters is 1. The van der Waals surface area contributed by atoms with Crippen molar-refractivity contribution in [3.63, 3.8) is 0 Å². The monoisotopic (exact) mass is 892 g/mol. The van der Waals surface area contributed by atoms with E-state index in [9.17, 15) is 24.0 Å². The van der Waals surface area contributed by atoms with E-state index in [1.54, 1.807) is 23.1 Å².